The van der Waals surface area contributed by atoms with E-state index < -0.39 is 0 Å². The van der Waals surface area contributed by atoms with Gasteiger partial charge in [-0.25, -0.2) is 9.19 Å². The zero-order valence-electron chi connectivity index (χ0n) is 22.9. The molecule has 0 unspecified atom stereocenters. The van der Waals surface area contributed by atoms with Gasteiger partial charge >= 0.3 is 0 Å². The summed E-state index contributed by atoms with van der Waals surface area (Å²) in [5.41, 5.74) is 3.36. The number of nitrogens with zero attached hydrogens (tertiary/aromatic N) is 5. The van der Waals surface area contributed by atoms with Gasteiger partial charge in [0.15, 0.2) is 5.82 Å². The number of methoxy groups -OCH3 is 1. The molecule has 0 amide bonds. The van der Waals surface area contributed by atoms with Crippen LogP contribution in [0.3, 0.4) is 0 Å². The van der Waals surface area contributed by atoms with E-state index in [0.717, 1.165) is 67.9 Å². The Balaban J connectivity index is 1.25. The molecule has 0 saturated carbocycles. The largest absolute Gasteiger partial charge is 0.494 e. The second-order valence-electron chi connectivity index (χ2n) is 10.1. The first kappa shape index (κ1) is 28.4. The fourth-order valence-corrected chi connectivity index (χ4v) is 5.67. The molecule has 3 aromatic rings. The predicted octanol–water partition coefficient (Wildman–Crippen LogP) is 4.04. The molecule has 2 fully saturated rings. The van der Waals surface area contributed by atoms with Crippen molar-refractivity contribution in [2.45, 2.75) is 12.8 Å². The minimum absolute atomic E-state index is 0.120. The van der Waals surface area contributed by atoms with E-state index in [1.807, 2.05) is 30.3 Å². The SMILES string of the molecule is COc1cc(N2CCN(CC3CCNCC3)CC2)ccc1Nc1ncc(Cl)c(Nc2ccccc2N(C)[SH]=O)n1. The monoisotopic (exact) mass is 584 g/mol. The summed E-state index contributed by atoms with van der Waals surface area (Å²) in [7, 11) is 3.40. The van der Waals surface area contributed by atoms with Crippen molar-refractivity contribution >= 4 is 58.0 Å². The van der Waals surface area contributed by atoms with Gasteiger partial charge in [0.25, 0.3) is 0 Å². The van der Waals surface area contributed by atoms with Gasteiger partial charge < -0.3 is 25.6 Å². The lowest BCUT2D eigenvalue weighted by Crippen LogP contribution is -2.48. The van der Waals surface area contributed by atoms with E-state index in [0.29, 0.717) is 22.5 Å². The number of benzene rings is 2. The van der Waals surface area contributed by atoms with Crippen LogP contribution in [0.1, 0.15) is 12.8 Å². The summed E-state index contributed by atoms with van der Waals surface area (Å²) in [6, 6.07) is 13.7. The third-order valence-corrected chi connectivity index (χ3v) is 8.25. The van der Waals surface area contributed by atoms with Gasteiger partial charge in [-0.1, -0.05) is 23.7 Å². The second kappa shape index (κ2) is 13.5. The van der Waals surface area contributed by atoms with Gasteiger partial charge in [0.05, 0.1) is 30.4 Å². The summed E-state index contributed by atoms with van der Waals surface area (Å²) < 4.78 is 18.7. The number of rotatable bonds is 10. The van der Waals surface area contributed by atoms with E-state index in [9.17, 15) is 4.21 Å². The van der Waals surface area contributed by atoms with Crippen molar-refractivity contribution in [2.24, 2.45) is 5.92 Å². The summed E-state index contributed by atoms with van der Waals surface area (Å²) in [4.78, 5) is 14.0. The zero-order chi connectivity index (χ0) is 27.9. The molecule has 3 N–H and O–H groups in total. The molecule has 3 heterocycles. The van der Waals surface area contributed by atoms with Crippen LogP contribution in [0.25, 0.3) is 0 Å². The van der Waals surface area contributed by atoms with Crippen molar-refractivity contribution < 1.29 is 8.95 Å². The first-order valence-electron chi connectivity index (χ1n) is 13.6. The van der Waals surface area contributed by atoms with Crippen LogP contribution in [0.2, 0.25) is 5.02 Å². The van der Waals surface area contributed by atoms with Crippen molar-refractivity contribution in [3.8, 4) is 5.75 Å². The Hall–Kier alpha value is -3.12. The fraction of sp³-hybridized carbons (Fsp3) is 0.429. The van der Waals surface area contributed by atoms with Gasteiger partial charge in [-0.2, -0.15) is 4.98 Å². The highest BCUT2D eigenvalue weighted by Gasteiger charge is 2.22. The number of hydrogen-bond donors (Lipinski definition) is 4. The third-order valence-electron chi connectivity index (χ3n) is 7.52. The quantitative estimate of drug-likeness (QED) is 0.263. The lowest BCUT2D eigenvalue weighted by Gasteiger charge is -2.38. The Morgan fingerprint density at radius 2 is 1.88 bits per heavy atom. The molecule has 2 aliphatic heterocycles. The van der Waals surface area contributed by atoms with Gasteiger partial charge in [-0.3, -0.25) is 9.21 Å². The molecule has 2 aliphatic rings. The number of nitrogens with one attached hydrogen (secondary N) is 3. The van der Waals surface area contributed by atoms with Crippen LogP contribution in [0.4, 0.5) is 34.5 Å². The smallest absolute Gasteiger partial charge is 0.229 e. The number of thiol groups is 1. The average Bonchev–Trinajstić information content (AvgIpc) is 3.00. The number of para-hydroxylation sites is 2. The van der Waals surface area contributed by atoms with Crippen molar-refractivity contribution in [1.29, 1.82) is 0 Å². The Bertz CT molecular complexity index is 1300. The van der Waals surface area contributed by atoms with Gasteiger partial charge in [-0.15, -0.1) is 0 Å². The standard InChI is InChI=1S/C28H37ClN8O2S/c1-35(40-38)25-6-4-3-5-23(25)32-27-22(29)18-31-28(34-27)33-24-8-7-21(17-26(24)39-2)37-15-13-36(14-16-37)19-20-9-11-30-12-10-20/h3-8,17-18,20,30,40H,9-16,19H2,1-2H3,(H2,31,32,33,34). The minimum Gasteiger partial charge on any atom is -0.494 e. The van der Waals surface area contributed by atoms with E-state index in [2.05, 4.69) is 47.9 Å². The maximum atomic E-state index is 11.4. The van der Waals surface area contributed by atoms with E-state index >= 15 is 0 Å². The highest BCUT2D eigenvalue weighted by Crippen LogP contribution is 2.34. The van der Waals surface area contributed by atoms with Gasteiger partial charge in [0.1, 0.15) is 22.6 Å². The van der Waals surface area contributed by atoms with Crippen LogP contribution >= 0.6 is 11.6 Å². The Kier molecular flexibility index (Phi) is 9.58. The first-order valence-corrected chi connectivity index (χ1v) is 14.8. The molecule has 0 bridgehead atoms. The maximum Gasteiger partial charge on any atom is 0.229 e. The van der Waals surface area contributed by atoms with Crippen LogP contribution in [0.5, 0.6) is 5.75 Å². The number of piperidine rings is 1. The molecule has 0 aliphatic carbocycles. The zero-order valence-corrected chi connectivity index (χ0v) is 24.6. The highest BCUT2D eigenvalue weighted by atomic mass is 35.5. The van der Waals surface area contributed by atoms with Crippen molar-refractivity contribution in [2.75, 3.05) is 79.8 Å². The molecule has 1 aromatic heterocycles. The van der Waals surface area contributed by atoms with Crippen LogP contribution in [-0.4, -0.2) is 79.0 Å². The maximum absolute atomic E-state index is 11.4. The Labute approximate surface area is 244 Å². The molecule has 0 spiro atoms. The molecule has 0 radical (unpaired) electrons. The van der Waals surface area contributed by atoms with E-state index in [-0.39, 0.29) is 11.9 Å². The van der Waals surface area contributed by atoms with Crippen LogP contribution < -0.4 is 29.9 Å². The van der Waals surface area contributed by atoms with Crippen LogP contribution in [0.15, 0.2) is 48.7 Å². The lowest BCUT2D eigenvalue weighted by molar-refractivity contribution is 0.196. The first-order chi connectivity index (χ1) is 19.5. The minimum atomic E-state index is -0.120. The van der Waals surface area contributed by atoms with Crippen LogP contribution in [0, 0.1) is 5.92 Å². The highest BCUT2D eigenvalue weighted by molar-refractivity contribution is 7.67. The van der Waals surface area contributed by atoms with E-state index in [1.165, 1.54) is 19.4 Å². The number of halogens is 1. The summed E-state index contributed by atoms with van der Waals surface area (Å²) in [5.74, 6) is 2.33. The third kappa shape index (κ3) is 6.95. The number of aromatic nitrogens is 2. The molecule has 2 aromatic carbocycles. The predicted molar refractivity (Wildman–Crippen MR) is 165 cm³/mol. The van der Waals surface area contributed by atoms with Gasteiger partial charge in [0, 0.05) is 51.5 Å². The number of piperazine rings is 1. The summed E-state index contributed by atoms with van der Waals surface area (Å²) in [6.07, 6.45) is 4.11. The van der Waals surface area contributed by atoms with Gasteiger partial charge in [-0.05, 0) is 56.1 Å². The van der Waals surface area contributed by atoms with Gasteiger partial charge in [0.2, 0.25) is 5.95 Å². The normalized spacial score (nSPS) is 16.5. The lowest BCUT2D eigenvalue weighted by atomic mass is 9.97. The molecular formula is C28H37ClN8O2S. The number of anilines is 6. The van der Waals surface area contributed by atoms with Crippen molar-refractivity contribution in [1.82, 2.24) is 20.2 Å². The molecule has 214 valence electrons. The second-order valence-corrected chi connectivity index (χ2v) is 11.3. The van der Waals surface area contributed by atoms with Crippen molar-refractivity contribution in [3.05, 3.63) is 53.7 Å². The Morgan fingerprint density at radius 3 is 2.62 bits per heavy atom. The molecule has 5 rings (SSSR count). The molecule has 0 atom stereocenters. The fourth-order valence-electron chi connectivity index (χ4n) is 5.27. The van der Waals surface area contributed by atoms with E-state index in [4.69, 9.17) is 16.3 Å². The molecule has 12 heteroatoms. The number of hydrogen-bond acceptors (Lipinski definition) is 9. The molecule has 40 heavy (non-hydrogen) atoms. The van der Waals surface area contributed by atoms with Crippen LogP contribution in [-0.2, 0) is 11.9 Å². The summed E-state index contributed by atoms with van der Waals surface area (Å²) >= 11 is 6.30. The van der Waals surface area contributed by atoms with E-state index in [1.54, 1.807) is 24.7 Å². The average molecular weight is 585 g/mol. The Morgan fingerprint density at radius 1 is 1.10 bits per heavy atom. The topological polar surface area (TPSA) is 97.9 Å². The molecule has 2 saturated heterocycles. The summed E-state index contributed by atoms with van der Waals surface area (Å²) in [5, 5.41) is 10.3. The number of ether oxygens (including phenoxy) is 1. The molecule has 10 nitrogen and oxygen atoms in total. The molecular weight excluding hydrogens is 548 g/mol. The summed E-state index contributed by atoms with van der Waals surface area (Å²) in [6.45, 7) is 7.66. The van der Waals surface area contributed by atoms with Crippen molar-refractivity contribution in [3.63, 3.8) is 0 Å².